The van der Waals surface area contributed by atoms with Crippen LogP contribution < -0.4 is 5.73 Å². The van der Waals surface area contributed by atoms with E-state index in [1.54, 1.807) is 18.2 Å². The fraction of sp³-hybridized carbons (Fsp3) is 0.364. The van der Waals surface area contributed by atoms with E-state index in [9.17, 15) is 4.79 Å². The maximum atomic E-state index is 11.6. The van der Waals surface area contributed by atoms with Gasteiger partial charge in [-0.25, -0.2) is 0 Å². The number of hydrogen-bond donors (Lipinski definition) is 1. The van der Waals surface area contributed by atoms with Crippen LogP contribution in [0.25, 0.3) is 0 Å². The van der Waals surface area contributed by atoms with Crippen LogP contribution in [0, 0.1) is 0 Å². The Kier molecular flexibility index (Phi) is 4.12. The molecule has 0 aromatic heterocycles. The van der Waals surface area contributed by atoms with Crippen LogP contribution in [-0.2, 0) is 4.74 Å². The first-order valence-corrected chi connectivity index (χ1v) is 5.07. The molecular formula is C11H14ClNO2. The Bertz CT molecular complexity index is 343. The first-order chi connectivity index (χ1) is 6.99. The summed E-state index contributed by atoms with van der Waals surface area (Å²) in [5, 5.41) is 0.461. The van der Waals surface area contributed by atoms with Gasteiger partial charge in [0, 0.05) is 16.3 Å². The van der Waals surface area contributed by atoms with Crippen LogP contribution in [0.15, 0.2) is 18.2 Å². The van der Waals surface area contributed by atoms with Crippen molar-refractivity contribution in [2.45, 2.75) is 20.0 Å². The van der Waals surface area contributed by atoms with Crippen molar-refractivity contribution in [3.8, 4) is 0 Å². The molecule has 2 N–H and O–H groups in total. The Balaban J connectivity index is 2.73. The topological polar surface area (TPSA) is 52.3 Å². The van der Waals surface area contributed by atoms with Gasteiger partial charge in [0.25, 0.3) is 0 Å². The summed E-state index contributed by atoms with van der Waals surface area (Å²) >= 11 is 5.78. The van der Waals surface area contributed by atoms with Crippen LogP contribution in [0.2, 0.25) is 5.02 Å². The lowest BCUT2D eigenvalue weighted by atomic mass is 10.1. The molecule has 0 saturated heterocycles. The number of Topliss-reactive ketones (excluding diaryl/α,β-unsaturated/α-hetero) is 1. The molecule has 1 rings (SSSR count). The van der Waals surface area contributed by atoms with Gasteiger partial charge in [0.1, 0.15) is 6.61 Å². The van der Waals surface area contributed by atoms with Crippen molar-refractivity contribution in [1.29, 1.82) is 0 Å². The van der Waals surface area contributed by atoms with E-state index in [1.807, 2.05) is 13.8 Å². The van der Waals surface area contributed by atoms with E-state index in [-0.39, 0.29) is 18.5 Å². The lowest BCUT2D eigenvalue weighted by Crippen LogP contribution is -2.13. The molecule has 0 aliphatic rings. The van der Waals surface area contributed by atoms with Gasteiger partial charge in [-0.2, -0.15) is 0 Å². The van der Waals surface area contributed by atoms with Gasteiger partial charge in [-0.1, -0.05) is 11.6 Å². The van der Waals surface area contributed by atoms with Crippen LogP contribution in [0.1, 0.15) is 24.2 Å². The minimum Gasteiger partial charge on any atom is -0.399 e. The second-order valence-corrected chi connectivity index (χ2v) is 3.99. The summed E-state index contributed by atoms with van der Waals surface area (Å²) in [6.07, 6.45) is 0.0329. The molecule has 0 radical (unpaired) electrons. The molecule has 15 heavy (non-hydrogen) atoms. The number of rotatable bonds is 4. The Morgan fingerprint density at radius 1 is 1.47 bits per heavy atom. The molecule has 0 aliphatic heterocycles. The minimum absolute atomic E-state index is 0.0329. The average molecular weight is 228 g/mol. The molecule has 0 heterocycles. The SMILES string of the molecule is CC(C)OCC(=O)c1cc(N)cc(Cl)c1. The molecule has 0 bridgehead atoms. The van der Waals surface area contributed by atoms with Gasteiger partial charge in [0.2, 0.25) is 0 Å². The smallest absolute Gasteiger partial charge is 0.188 e. The third-order valence-electron chi connectivity index (χ3n) is 1.79. The van der Waals surface area contributed by atoms with Gasteiger partial charge in [-0.3, -0.25) is 4.79 Å². The van der Waals surface area contributed by atoms with Gasteiger partial charge in [0.15, 0.2) is 5.78 Å². The molecule has 4 heteroatoms. The summed E-state index contributed by atoms with van der Waals surface area (Å²) in [6, 6.07) is 4.78. The van der Waals surface area contributed by atoms with E-state index in [0.29, 0.717) is 16.3 Å². The van der Waals surface area contributed by atoms with E-state index in [2.05, 4.69) is 0 Å². The molecule has 3 nitrogen and oxygen atoms in total. The maximum Gasteiger partial charge on any atom is 0.188 e. The zero-order valence-corrected chi connectivity index (χ0v) is 9.54. The first kappa shape index (κ1) is 12.0. The molecule has 0 aliphatic carbocycles. The van der Waals surface area contributed by atoms with E-state index in [4.69, 9.17) is 22.1 Å². The van der Waals surface area contributed by atoms with Crippen molar-refractivity contribution >= 4 is 23.1 Å². The molecule has 1 aromatic carbocycles. The number of halogens is 1. The summed E-state index contributed by atoms with van der Waals surface area (Å²) in [5.74, 6) is -0.113. The van der Waals surface area contributed by atoms with Gasteiger partial charge < -0.3 is 10.5 Å². The Labute approximate surface area is 94.2 Å². The lowest BCUT2D eigenvalue weighted by Gasteiger charge is -2.07. The number of hydrogen-bond acceptors (Lipinski definition) is 3. The van der Waals surface area contributed by atoms with Gasteiger partial charge >= 0.3 is 0 Å². The van der Waals surface area contributed by atoms with Crippen molar-refractivity contribution in [2.24, 2.45) is 0 Å². The maximum absolute atomic E-state index is 11.6. The standard InChI is InChI=1S/C11H14ClNO2/c1-7(2)15-6-11(14)8-3-9(12)5-10(13)4-8/h3-5,7H,6,13H2,1-2H3. The normalized spacial score (nSPS) is 10.7. The number of carbonyl (C=O) groups is 1. The second-order valence-electron chi connectivity index (χ2n) is 3.56. The first-order valence-electron chi connectivity index (χ1n) is 4.70. The van der Waals surface area contributed by atoms with E-state index in [1.165, 1.54) is 0 Å². The van der Waals surface area contributed by atoms with Crippen molar-refractivity contribution in [1.82, 2.24) is 0 Å². The fourth-order valence-corrected chi connectivity index (χ4v) is 1.34. The highest BCUT2D eigenvalue weighted by molar-refractivity contribution is 6.31. The monoisotopic (exact) mass is 227 g/mol. The van der Waals surface area contributed by atoms with Gasteiger partial charge in [0.05, 0.1) is 6.10 Å². The summed E-state index contributed by atoms with van der Waals surface area (Å²) in [5.41, 5.74) is 6.54. The van der Waals surface area contributed by atoms with Gasteiger partial charge in [-0.05, 0) is 32.0 Å². The number of carbonyl (C=O) groups excluding carboxylic acids is 1. The number of ether oxygens (including phenoxy) is 1. The predicted octanol–water partition coefficient (Wildman–Crippen LogP) is 2.53. The molecule has 0 amide bonds. The summed E-state index contributed by atoms with van der Waals surface area (Å²) in [4.78, 5) is 11.6. The van der Waals surface area contributed by atoms with E-state index in [0.717, 1.165) is 0 Å². The average Bonchev–Trinajstić information content (AvgIpc) is 2.12. The molecule has 0 unspecified atom stereocenters. The van der Waals surface area contributed by atoms with Crippen molar-refractivity contribution < 1.29 is 9.53 Å². The predicted molar refractivity (Wildman–Crippen MR) is 61.3 cm³/mol. The molecule has 0 atom stereocenters. The second kappa shape index (κ2) is 5.14. The largest absolute Gasteiger partial charge is 0.399 e. The van der Waals surface area contributed by atoms with Crippen LogP contribution in [0.5, 0.6) is 0 Å². The molecule has 1 aromatic rings. The molecule has 0 saturated carbocycles. The lowest BCUT2D eigenvalue weighted by molar-refractivity contribution is 0.0585. The van der Waals surface area contributed by atoms with Crippen molar-refractivity contribution in [2.75, 3.05) is 12.3 Å². The van der Waals surface area contributed by atoms with Gasteiger partial charge in [-0.15, -0.1) is 0 Å². The summed E-state index contributed by atoms with van der Waals surface area (Å²) in [7, 11) is 0. The highest BCUT2D eigenvalue weighted by Crippen LogP contribution is 2.17. The fourth-order valence-electron chi connectivity index (χ4n) is 1.10. The Morgan fingerprint density at radius 3 is 2.67 bits per heavy atom. The molecule has 0 fully saturated rings. The van der Waals surface area contributed by atoms with Crippen molar-refractivity contribution in [3.63, 3.8) is 0 Å². The van der Waals surface area contributed by atoms with Crippen LogP contribution in [-0.4, -0.2) is 18.5 Å². The molecular weight excluding hydrogens is 214 g/mol. The number of ketones is 1. The van der Waals surface area contributed by atoms with E-state index >= 15 is 0 Å². The van der Waals surface area contributed by atoms with Crippen LogP contribution in [0.4, 0.5) is 5.69 Å². The number of nitrogen functional groups attached to an aromatic ring is 1. The Hall–Kier alpha value is -1.06. The highest BCUT2D eigenvalue weighted by Gasteiger charge is 2.08. The van der Waals surface area contributed by atoms with Crippen LogP contribution >= 0.6 is 11.6 Å². The zero-order valence-electron chi connectivity index (χ0n) is 8.79. The quantitative estimate of drug-likeness (QED) is 0.635. The summed E-state index contributed by atoms with van der Waals surface area (Å²) in [6.45, 7) is 3.80. The number of anilines is 1. The zero-order chi connectivity index (χ0) is 11.4. The number of nitrogens with two attached hydrogens (primary N) is 1. The minimum atomic E-state index is -0.113. The number of benzene rings is 1. The third-order valence-corrected chi connectivity index (χ3v) is 2.01. The third kappa shape index (κ3) is 3.90. The highest BCUT2D eigenvalue weighted by atomic mass is 35.5. The van der Waals surface area contributed by atoms with Crippen molar-refractivity contribution in [3.05, 3.63) is 28.8 Å². The molecule has 82 valence electrons. The van der Waals surface area contributed by atoms with E-state index < -0.39 is 0 Å². The summed E-state index contributed by atoms with van der Waals surface area (Å²) < 4.78 is 5.20. The Morgan fingerprint density at radius 2 is 2.13 bits per heavy atom. The van der Waals surface area contributed by atoms with Crippen LogP contribution in [0.3, 0.4) is 0 Å². The molecule has 0 spiro atoms.